The Kier molecular flexibility index (Phi) is 6.25. The van der Waals surface area contributed by atoms with E-state index >= 15 is 0 Å². The fourth-order valence-electron chi connectivity index (χ4n) is 1.68. The fraction of sp³-hybridized carbons (Fsp3) is 0.417. The third-order valence-electron chi connectivity index (χ3n) is 2.46. The lowest BCUT2D eigenvalue weighted by Gasteiger charge is -2.21. The van der Waals surface area contributed by atoms with E-state index in [0.717, 1.165) is 18.5 Å². The molecule has 0 aliphatic carbocycles. The molecule has 0 aromatic heterocycles. The van der Waals surface area contributed by atoms with Gasteiger partial charge >= 0.3 is 0 Å². The smallest absolute Gasteiger partial charge is 0.153 e. The first-order valence-corrected chi connectivity index (χ1v) is 6.45. The molecule has 0 aliphatic heterocycles. The van der Waals surface area contributed by atoms with Crippen LogP contribution in [0.2, 0.25) is 10.0 Å². The standard InChI is InChI=1S/C12H17Cl2N3O/c1-2-5-17(8-12(15)16-18)7-9-3-4-10(13)6-11(9)14/h3-4,6,18H,2,5,7-8H2,1H3,(H2,15,16). The molecule has 4 nitrogen and oxygen atoms in total. The molecule has 0 atom stereocenters. The van der Waals surface area contributed by atoms with Gasteiger partial charge in [0.25, 0.3) is 0 Å². The third kappa shape index (κ3) is 4.72. The minimum Gasteiger partial charge on any atom is -0.409 e. The normalized spacial score (nSPS) is 12.1. The summed E-state index contributed by atoms with van der Waals surface area (Å²) in [7, 11) is 0. The van der Waals surface area contributed by atoms with Crippen LogP contribution in [0, 0.1) is 0 Å². The molecule has 18 heavy (non-hydrogen) atoms. The van der Waals surface area contributed by atoms with E-state index in [4.69, 9.17) is 34.1 Å². The summed E-state index contributed by atoms with van der Waals surface area (Å²) in [5, 5.41) is 12.8. The number of amidine groups is 1. The number of halogens is 2. The number of benzene rings is 1. The quantitative estimate of drug-likeness (QED) is 0.366. The summed E-state index contributed by atoms with van der Waals surface area (Å²) in [5.41, 5.74) is 6.50. The lowest BCUT2D eigenvalue weighted by molar-refractivity contribution is 0.286. The molecule has 1 aromatic carbocycles. The fourth-order valence-corrected chi connectivity index (χ4v) is 2.15. The van der Waals surface area contributed by atoms with Gasteiger partial charge in [0.1, 0.15) is 0 Å². The molecule has 0 spiro atoms. The van der Waals surface area contributed by atoms with E-state index in [9.17, 15) is 0 Å². The molecule has 0 unspecified atom stereocenters. The molecule has 0 amide bonds. The van der Waals surface area contributed by atoms with Gasteiger partial charge in [-0.1, -0.05) is 41.3 Å². The van der Waals surface area contributed by atoms with Gasteiger partial charge < -0.3 is 10.9 Å². The second kappa shape index (κ2) is 7.46. The van der Waals surface area contributed by atoms with E-state index in [1.54, 1.807) is 12.1 Å². The van der Waals surface area contributed by atoms with Crippen LogP contribution >= 0.6 is 23.2 Å². The van der Waals surface area contributed by atoms with Crippen molar-refractivity contribution in [1.29, 1.82) is 0 Å². The predicted octanol–water partition coefficient (Wildman–Crippen LogP) is 2.95. The maximum atomic E-state index is 8.60. The van der Waals surface area contributed by atoms with Gasteiger partial charge in [0.05, 0.1) is 6.54 Å². The van der Waals surface area contributed by atoms with Crippen LogP contribution in [0.15, 0.2) is 23.4 Å². The molecule has 100 valence electrons. The first-order chi connectivity index (χ1) is 8.56. The summed E-state index contributed by atoms with van der Waals surface area (Å²) in [6, 6.07) is 5.40. The van der Waals surface area contributed by atoms with E-state index < -0.39 is 0 Å². The molecule has 1 aromatic rings. The van der Waals surface area contributed by atoms with Gasteiger partial charge in [-0.05, 0) is 30.7 Å². The van der Waals surface area contributed by atoms with Gasteiger partial charge in [0.15, 0.2) is 5.84 Å². The highest BCUT2D eigenvalue weighted by Gasteiger charge is 2.10. The first kappa shape index (κ1) is 15.1. The van der Waals surface area contributed by atoms with Crippen LogP contribution in [-0.2, 0) is 6.54 Å². The summed E-state index contributed by atoms with van der Waals surface area (Å²) in [6.45, 7) is 3.96. The van der Waals surface area contributed by atoms with Gasteiger partial charge in [0, 0.05) is 16.6 Å². The molecule has 3 N–H and O–H groups in total. The van der Waals surface area contributed by atoms with Gasteiger partial charge in [-0.15, -0.1) is 0 Å². The van der Waals surface area contributed by atoms with Crippen molar-refractivity contribution in [3.8, 4) is 0 Å². The van der Waals surface area contributed by atoms with Crippen molar-refractivity contribution in [3.05, 3.63) is 33.8 Å². The molecule has 0 bridgehead atoms. The zero-order valence-electron chi connectivity index (χ0n) is 10.2. The SMILES string of the molecule is CCCN(CC(N)=NO)Cc1ccc(Cl)cc1Cl. The topological polar surface area (TPSA) is 61.8 Å². The zero-order chi connectivity index (χ0) is 13.5. The van der Waals surface area contributed by atoms with E-state index in [-0.39, 0.29) is 5.84 Å². The van der Waals surface area contributed by atoms with Crippen LogP contribution in [0.25, 0.3) is 0 Å². The lowest BCUT2D eigenvalue weighted by Crippen LogP contribution is -2.34. The number of hydrogen-bond acceptors (Lipinski definition) is 3. The average Bonchev–Trinajstić information content (AvgIpc) is 2.32. The molecule has 1 rings (SSSR count). The molecular formula is C12H17Cl2N3O. The second-order valence-corrected chi connectivity index (χ2v) is 4.88. The van der Waals surface area contributed by atoms with Gasteiger partial charge in [-0.25, -0.2) is 0 Å². The van der Waals surface area contributed by atoms with Gasteiger partial charge in [-0.2, -0.15) is 0 Å². The van der Waals surface area contributed by atoms with Crippen molar-refractivity contribution in [1.82, 2.24) is 4.90 Å². The van der Waals surface area contributed by atoms with Crippen LogP contribution in [0.5, 0.6) is 0 Å². The second-order valence-electron chi connectivity index (χ2n) is 4.04. The van der Waals surface area contributed by atoms with Crippen molar-refractivity contribution in [2.45, 2.75) is 19.9 Å². The monoisotopic (exact) mass is 289 g/mol. The molecule has 0 fully saturated rings. The van der Waals surface area contributed by atoms with Crippen LogP contribution in [0.1, 0.15) is 18.9 Å². The minimum absolute atomic E-state index is 0.188. The first-order valence-electron chi connectivity index (χ1n) is 5.69. The number of nitrogens with zero attached hydrogens (tertiary/aromatic N) is 2. The molecule has 0 saturated carbocycles. The number of oxime groups is 1. The molecule has 0 aliphatic rings. The van der Waals surface area contributed by atoms with Crippen molar-refractivity contribution in [2.24, 2.45) is 10.9 Å². The molecule has 0 radical (unpaired) electrons. The maximum Gasteiger partial charge on any atom is 0.153 e. The Labute approximate surface area is 117 Å². The third-order valence-corrected chi connectivity index (χ3v) is 3.05. The summed E-state index contributed by atoms with van der Waals surface area (Å²) in [5.74, 6) is 0.188. The molecule has 6 heteroatoms. The molecule has 0 heterocycles. The van der Waals surface area contributed by atoms with Crippen LogP contribution in [-0.4, -0.2) is 29.0 Å². The minimum atomic E-state index is 0.188. The van der Waals surface area contributed by atoms with Crippen LogP contribution in [0.4, 0.5) is 0 Å². The Morgan fingerprint density at radius 1 is 1.44 bits per heavy atom. The summed E-state index contributed by atoms with van der Waals surface area (Å²) in [4.78, 5) is 2.06. The maximum absolute atomic E-state index is 8.60. The largest absolute Gasteiger partial charge is 0.409 e. The number of rotatable bonds is 6. The van der Waals surface area contributed by atoms with E-state index in [1.807, 2.05) is 6.07 Å². The average molecular weight is 290 g/mol. The Morgan fingerprint density at radius 2 is 2.17 bits per heavy atom. The zero-order valence-corrected chi connectivity index (χ0v) is 11.7. The Bertz CT molecular complexity index is 424. The number of nitrogens with two attached hydrogens (primary N) is 1. The Morgan fingerprint density at radius 3 is 2.72 bits per heavy atom. The van der Waals surface area contributed by atoms with Crippen molar-refractivity contribution >= 4 is 29.0 Å². The highest BCUT2D eigenvalue weighted by atomic mass is 35.5. The summed E-state index contributed by atoms with van der Waals surface area (Å²) >= 11 is 12.0. The van der Waals surface area contributed by atoms with Crippen LogP contribution < -0.4 is 5.73 Å². The summed E-state index contributed by atoms with van der Waals surface area (Å²) < 4.78 is 0. The van der Waals surface area contributed by atoms with E-state index in [2.05, 4.69) is 17.0 Å². The highest BCUT2D eigenvalue weighted by Crippen LogP contribution is 2.22. The number of hydrogen-bond donors (Lipinski definition) is 2. The molecule has 0 saturated heterocycles. The molecular weight excluding hydrogens is 273 g/mol. The lowest BCUT2D eigenvalue weighted by atomic mass is 10.2. The predicted molar refractivity (Wildman–Crippen MR) is 75.4 cm³/mol. The van der Waals surface area contributed by atoms with Crippen molar-refractivity contribution in [3.63, 3.8) is 0 Å². The van der Waals surface area contributed by atoms with Gasteiger partial charge in [0.2, 0.25) is 0 Å². The highest BCUT2D eigenvalue weighted by molar-refractivity contribution is 6.35. The Hall–Kier alpha value is -0.970. The van der Waals surface area contributed by atoms with Gasteiger partial charge in [-0.3, -0.25) is 4.90 Å². The summed E-state index contributed by atoms with van der Waals surface area (Å²) in [6.07, 6.45) is 0.976. The Balaban J connectivity index is 2.76. The van der Waals surface area contributed by atoms with E-state index in [1.165, 1.54) is 0 Å². The van der Waals surface area contributed by atoms with Crippen LogP contribution in [0.3, 0.4) is 0 Å². The van der Waals surface area contributed by atoms with Crippen molar-refractivity contribution in [2.75, 3.05) is 13.1 Å². The van der Waals surface area contributed by atoms with Crippen molar-refractivity contribution < 1.29 is 5.21 Å². The van der Waals surface area contributed by atoms with E-state index in [0.29, 0.717) is 23.1 Å².